The van der Waals surface area contributed by atoms with Gasteiger partial charge in [-0.25, -0.2) is 4.98 Å². The van der Waals surface area contributed by atoms with Crippen LogP contribution in [0.25, 0.3) is 17.1 Å². The van der Waals surface area contributed by atoms with Gasteiger partial charge < -0.3 is 10.2 Å². The van der Waals surface area contributed by atoms with Crippen LogP contribution in [-0.4, -0.2) is 34.6 Å². The van der Waals surface area contributed by atoms with Gasteiger partial charge in [-0.05, 0) is 67.8 Å². The number of alkyl halides is 3. The molecule has 0 spiro atoms. The number of rotatable bonds is 5. The molecule has 2 heterocycles. The number of carbonyl (C=O) groups excluding carboxylic acids is 1. The number of nitrogens with zero attached hydrogens (tertiary/aromatic N) is 3. The van der Waals surface area contributed by atoms with Gasteiger partial charge in [-0.15, -0.1) is 0 Å². The predicted molar refractivity (Wildman–Crippen MR) is 138 cm³/mol. The molecule has 2 aromatic carbocycles. The van der Waals surface area contributed by atoms with Crippen LogP contribution in [0.5, 0.6) is 0 Å². The fourth-order valence-electron chi connectivity index (χ4n) is 4.36. The van der Waals surface area contributed by atoms with Gasteiger partial charge in [-0.3, -0.25) is 14.2 Å². The van der Waals surface area contributed by atoms with E-state index in [1.807, 2.05) is 25.7 Å². The van der Waals surface area contributed by atoms with Crippen molar-refractivity contribution in [2.45, 2.75) is 45.8 Å². The number of aromatic nitrogens is 2. The van der Waals surface area contributed by atoms with Gasteiger partial charge in [0.1, 0.15) is 11.6 Å². The molecule has 37 heavy (non-hydrogen) atoms. The summed E-state index contributed by atoms with van der Waals surface area (Å²) in [5.41, 5.74) is 0.473. The van der Waals surface area contributed by atoms with Crippen molar-refractivity contribution in [3.8, 4) is 17.1 Å². The Labute approximate surface area is 218 Å². The summed E-state index contributed by atoms with van der Waals surface area (Å²) in [6.45, 7) is 6.72. The summed E-state index contributed by atoms with van der Waals surface area (Å²) in [4.78, 5) is 32.3. The minimum atomic E-state index is -4.48. The van der Waals surface area contributed by atoms with E-state index in [0.29, 0.717) is 48.2 Å². The van der Waals surface area contributed by atoms with Gasteiger partial charge in [0.15, 0.2) is 0 Å². The van der Waals surface area contributed by atoms with Gasteiger partial charge in [-0.1, -0.05) is 25.4 Å². The molecule has 10 heteroatoms. The Bertz CT molecular complexity index is 1350. The highest BCUT2D eigenvalue weighted by Gasteiger charge is 2.30. The zero-order chi connectivity index (χ0) is 26.9. The molecule has 3 aromatic rings. The largest absolute Gasteiger partial charge is 0.416 e. The van der Waals surface area contributed by atoms with Gasteiger partial charge in [0.25, 0.3) is 5.56 Å². The molecule has 0 saturated carbocycles. The SMILES string of the molecule is Cc1cc(Cl)ccc1-c1nc(N2CCC(NC(=O)C(C)C)CC2)cc(=O)n1-c1ccc(C(F)(F)F)cc1. The third kappa shape index (κ3) is 5.98. The molecular formula is C27H28ClF3N4O2. The van der Waals surface area contributed by atoms with Crippen molar-refractivity contribution in [3.05, 3.63) is 75.0 Å². The average Bonchev–Trinajstić information content (AvgIpc) is 2.83. The van der Waals surface area contributed by atoms with E-state index in [2.05, 4.69) is 5.32 Å². The smallest absolute Gasteiger partial charge is 0.356 e. The van der Waals surface area contributed by atoms with Crippen molar-refractivity contribution in [1.82, 2.24) is 14.9 Å². The summed E-state index contributed by atoms with van der Waals surface area (Å²) in [6, 6.07) is 11.1. The van der Waals surface area contributed by atoms with Crippen molar-refractivity contribution in [1.29, 1.82) is 0 Å². The van der Waals surface area contributed by atoms with Crippen molar-refractivity contribution >= 4 is 23.3 Å². The molecule has 6 nitrogen and oxygen atoms in total. The quantitative estimate of drug-likeness (QED) is 0.463. The van der Waals surface area contributed by atoms with Gasteiger partial charge in [0.05, 0.1) is 11.3 Å². The minimum Gasteiger partial charge on any atom is -0.356 e. The van der Waals surface area contributed by atoms with E-state index in [4.69, 9.17) is 16.6 Å². The maximum atomic E-state index is 13.4. The molecule has 1 aliphatic heterocycles. The first-order valence-electron chi connectivity index (χ1n) is 12.1. The van der Waals surface area contributed by atoms with Crippen LogP contribution in [0.15, 0.2) is 53.3 Å². The van der Waals surface area contributed by atoms with Crippen LogP contribution in [0.2, 0.25) is 5.02 Å². The molecular weight excluding hydrogens is 505 g/mol. The summed E-state index contributed by atoms with van der Waals surface area (Å²) >= 11 is 6.14. The number of hydrogen-bond donors (Lipinski definition) is 1. The van der Waals surface area contributed by atoms with Crippen LogP contribution >= 0.6 is 11.6 Å². The first-order chi connectivity index (χ1) is 17.4. The van der Waals surface area contributed by atoms with Gasteiger partial charge >= 0.3 is 6.18 Å². The topological polar surface area (TPSA) is 67.2 Å². The average molecular weight is 533 g/mol. The molecule has 1 aliphatic rings. The van der Waals surface area contributed by atoms with Crippen LogP contribution in [0.1, 0.15) is 37.8 Å². The number of piperidine rings is 1. The lowest BCUT2D eigenvalue weighted by Crippen LogP contribution is -2.46. The third-order valence-corrected chi connectivity index (χ3v) is 6.71. The molecule has 0 aliphatic carbocycles. The molecule has 0 atom stereocenters. The molecule has 0 bridgehead atoms. The standard InChI is InChI=1S/C27H28ClF3N4O2/c1-16(2)26(37)32-20-10-12-34(13-11-20)23-15-24(36)35(21-7-4-18(5-8-21)27(29,30)31)25(33-23)22-9-6-19(28)14-17(22)3/h4-9,14-16,20H,10-13H2,1-3H3,(H,32,37). The third-order valence-electron chi connectivity index (χ3n) is 6.48. The number of benzene rings is 2. The number of halogens is 4. The molecule has 0 radical (unpaired) electrons. The summed E-state index contributed by atoms with van der Waals surface area (Å²) < 4.78 is 40.6. The van der Waals surface area contributed by atoms with Crippen LogP contribution < -0.4 is 15.8 Å². The van der Waals surface area contributed by atoms with E-state index in [1.165, 1.54) is 22.8 Å². The Balaban J connectivity index is 1.72. The lowest BCUT2D eigenvalue weighted by Gasteiger charge is -2.33. The molecule has 1 saturated heterocycles. The number of anilines is 1. The Morgan fingerprint density at radius 2 is 1.73 bits per heavy atom. The number of aryl methyl sites for hydroxylation is 1. The lowest BCUT2D eigenvalue weighted by atomic mass is 10.0. The summed E-state index contributed by atoms with van der Waals surface area (Å²) in [5.74, 6) is 0.705. The molecule has 1 N–H and O–H groups in total. The number of amides is 1. The molecule has 4 rings (SSSR count). The van der Waals surface area contributed by atoms with E-state index in [1.54, 1.807) is 18.2 Å². The maximum Gasteiger partial charge on any atom is 0.416 e. The van der Waals surface area contributed by atoms with E-state index in [0.717, 1.165) is 17.7 Å². The lowest BCUT2D eigenvalue weighted by molar-refractivity contribution is -0.137. The Morgan fingerprint density at radius 3 is 2.30 bits per heavy atom. The van der Waals surface area contributed by atoms with E-state index in [-0.39, 0.29) is 23.6 Å². The second kappa shape index (κ2) is 10.6. The predicted octanol–water partition coefficient (Wildman–Crippen LogP) is 5.62. The number of hydrogen-bond acceptors (Lipinski definition) is 4. The first-order valence-corrected chi connectivity index (χ1v) is 12.5. The minimum absolute atomic E-state index is 0.0104. The van der Waals surface area contributed by atoms with Crippen molar-refractivity contribution in [2.75, 3.05) is 18.0 Å². The van der Waals surface area contributed by atoms with Gasteiger partial charge in [0, 0.05) is 41.7 Å². The van der Waals surface area contributed by atoms with Crippen molar-refractivity contribution < 1.29 is 18.0 Å². The summed E-state index contributed by atoms with van der Waals surface area (Å²) in [6.07, 6.45) is -3.07. The van der Waals surface area contributed by atoms with Crippen molar-refractivity contribution in [2.24, 2.45) is 5.92 Å². The Kier molecular flexibility index (Phi) is 7.64. The molecule has 196 valence electrons. The molecule has 1 amide bonds. The zero-order valence-corrected chi connectivity index (χ0v) is 21.5. The fourth-order valence-corrected chi connectivity index (χ4v) is 4.59. The number of carbonyl (C=O) groups is 1. The summed E-state index contributed by atoms with van der Waals surface area (Å²) in [7, 11) is 0. The van der Waals surface area contributed by atoms with Crippen LogP contribution in [0.3, 0.4) is 0 Å². The second-order valence-electron chi connectivity index (χ2n) is 9.54. The monoisotopic (exact) mass is 532 g/mol. The van der Waals surface area contributed by atoms with E-state index >= 15 is 0 Å². The van der Waals surface area contributed by atoms with Crippen LogP contribution in [-0.2, 0) is 11.0 Å². The zero-order valence-electron chi connectivity index (χ0n) is 20.8. The van der Waals surface area contributed by atoms with Gasteiger partial charge in [-0.2, -0.15) is 13.2 Å². The number of nitrogens with one attached hydrogen (secondary N) is 1. The Morgan fingerprint density at radius 1 is 1.08 bits per heavy atom. The highest BCUT2D eigenvalue weighted by molar-refractivity contribution is 6.30. The maximum absolute atomic E-state index is 13.4. The van der Waals surface area contributed by atoms with Crippen LogP contribution in [0, 0.1) is 12.8 Å². The highest BCUT2D eigenvalue weighted by atomic mass is 35.5. The first kappa shape index (κ1) is 26.7. The highest BCUT2D eigenvalue weighted by Crippen LogP contribution is 2.31. The van der Waals surface area contributed by atoms with Crippen LogP contribution in [0.4, 0.5) is 19.0 Å². The second-order valence-corrected chi connectivity index (χ2v) is 9.98. The molecule has 0 unspecified atom stereocenters. The molecule has 1 fully saturated rings. The Hall–Kier alpha value is -3.33. The van der Waals surface area contributed by atoms with Crippen molar-refractivity contribution in [3.63, 3.8) is 0 Å². The van der Waals surface area contributed by atoms with Gasteiger partial charge in [0.2, 0.25) is 5.91 Å². The fraction of sp³-hybridized carbons (Fsp3) is 0.370. The normalized spacial score (nSPS) is 14.8. The van der Waals surface area contributed by atoms with E-state index in [9.17, 15) is 22.8 Å². The van der Waals surface area contributed by atoms with E-state index < -0.39 is 17.3 Å². The summed E-state index contributed by atoms with van der Waals surface area (Å²) in [5, 5.41) is 3.57. The molecule has 1 aromatic heterocycles.